The van der Waals surface area contributed by atoms with Crippen molar-refractivity contribution < 1.29 is 27.8 Å². The van der Waals surface area contributed by atoms with Crippen molar-refractivity contribution in [2.75, 3.05) is 26.1 Å². The van der Waals surface area contributed by atoms with E-state index in [2.05, 4.69) is 10.0 Å². The summed E-state index contributed by atoms with van der Waals surface area (Å²) >= 11 is 0. The van der Waals surface area contributed by atoms with E-state index in [1.165, 1.54) is 19.2 Å². The van der Waals surface area contributed by atoms with Gasteiger partial charge in [0.05, 0.1) is 24.7 Å². The normalized spacial score (nSPS) is 11.1. The number of hydrogen-bond donors (Lipinski definition) is 3. The second-order valence-electron chi connectivity index (χ2n) is 7.19. The molecule has 0 aromatic heterocycles. The summed E-state index contributed by atoms with van der Waals surface area (Å²) in [5, 5.41) is 12.6. The Bertz CT molecular complexity index is 1210. The number of carboxylic acid groups (broad SMARTS) is 1. The molecule has 0 bridgehead atoms. The minimum Gasteiger partial charge on any atom is -0.493 e. The Kier molecular flexibility index (Phi) is 7.92. The molecule has 8 nitrogen and oxygen atoms in total. The third-order valence-corrected chi connectivity index (χ3v) is 6.47. The van der Waals surface area contributed by atoms with Crippen LogP contribution in [0, 0.1) is 0 Å². The summed E-state index contributed by atoms with van der Waals surface area (Å²) in [7, 11) is -0.824. The quantitative estimate of drug-likeness (QED) is 0.393. The van der Waals surface area contributed by atoms with E-state index >= 15 is 0 Å². The van der Waals surface area contributed by atoms with E-state index in [-0.39, 0.29) is 17.0 Å². The highest BCUT2D eigenvalue weighted by Crippen LogP contribution is 2.27. The van der Waals surface area contributed by atoms with E-state index in [4.69, 9.17) is 9.47 Å². The van der Waals surface area contributed by atoms with Crippen LogP contribution in [-0.4, -0.2) is 40.3 Å². The number of anilines is 1. The van der Waals surface area contributed by atoms with Gasteiger partial charge in [-0.05, 0) is 47.9 Å². The second-order valence-corrected chi connectivity index (χ2v) is 8.96. The molecule has 0 saturated heterocycles. The predicted molar refractivity (Wildman–Crippen MR) is 126 cm³/mol. The molecule has 33 heavy (non-hydrogen) atoms. The molecule has 0 atom stereocenters. The number of nitrogens with one attached hydrogen (secondary N) is 2. The summed E-state index contributed by atoms with van der Waals surface area (Å²) in [4.78, 5) is 11.6. The Morgan fingerprint density at radius 1 is 0.909 bits per heavy atom. The Hall–Kier alpha value is -3.56. The van der Waals surface area contributed by atoms with Gasteiger partial charge in [0.25, 0.3) is 0 Å². The molecule has 0 saturated carbocycles. The Morgan fingerprint density at radius 2 is 1.64 bits per heavy atom. The third-order valence-electron chi connectivity index (χ3n) is 5.01. The zero-order valence-electron chi connectivity index (χ0n) is 18.4. The fraction of sp³-hybridized carbons (Fsp3) is 0.208. The molecule has 0 aliphatic rings. The first-order valence-corrected chi connectivity index (χ1v) is 11.7. The van der Waals surface area contributed by atoms with Crippen LogP contribution in [0.25, 0.3) is 0 Å². The molecule has 0 heterocycles. The summed E-state index contributed by atoms with van der Waals surface area (Å²) in [6.07, 6.45) is 0.419. The first-order chi connectivity index (χ1) is 15.8. The van der Waals surface area contributed by atoms with E-state index in [9.17, 15) is 18.3 Å². The molecule has 3 N–H and O–H groups in total. The van der Waals surface area contributed by atoms with Crippen LogP contribution < -0.4 is 19.5 Å². The van der Waals surface area contributed by atoms with Crippen molar-refractivity contribution in [1.29, 1.82) is 0 Å². The smallest absolute Gasteiger partial charge is 0.337 e. The van der Waals surface area contributed by atoms with Gasteiger partial charge in [-0.3, -0.25) is 0 Å². The topological polar surface area (TPSA) is 114 Å². The van der Waals surface area contributed by atoms with Gasteiger partial charge < -0.3 is 19.9 Å². The lowest BCUT2D eigenvalue weighted by Gasteiger charge is -2.13. The lowest BCUT2D eigenvalue weighted by molar-refractivity contribution is 0.0697. The van der Waals surface area contributed by atoms with Crippen molar-refractivity contribution >= 4 is 21.7 Å². The van der Waals surface area contributed by atoms with Crippen molar-refractivity contribution in [2.24, 2.45) is 0 Å². The van der Waals surface area contributed by atoms with E-state index in [0.29, 0.717) is 30.2 Å². The minimum absolute atomic E-state index is 0.113. The predicted octanol–water partition coefficient (Wildman–Crippen LogP) is 3.54. The molecule has 0 spiro atoms. The molecule has 0 amide bonds. The Morgan fingerprint density at radius 3 is 2.30 bits per heavy atom. The SMILES string of the molecule is COc1ccc(CCNS(=O)(=O)c2ccc(NCc3ccccc3)c(C(=O)O)c2)cc1OC. The van der Waals surface area contributed by atoms with Crippen LogP contribution in [-0.2, 0) is 23.0 Å². The van der Waals surface area contributed by atoms with Crippen LogP contribution in [0.4, 0.5) is 5.69 Å². The summed E-state index contributed by atoms with van der Waals surface area (Å²) in [5.74, 6) is -0.0699. The van der Waals surface area contributed by atoms with Crippen LogP contribution in [0.5, 0.6) is 11.5 Å². The van der Waals surface area contributed by atoms with Crippen molar-refractivity contribution in [2.45, 2.75) is 17.9 Å². The van der Waals surface area contributed by atoms with E-state index in [0.717, 1.165) is 17.2 Å². The number of rotatable bonds is 11. The second kappa shape index (κ2) is 10.8. The van der Waals surface area contributed by atoms with Crippen LogP contribution in [0.3, 0.4) is 0 Å². The van der Waals surface area contributed by atoms with Crippen molar-refractivity contribution in [3.8, 4) is 11.5 Å². The molecule has 9 heteroatoms. The zero-order chi connectivity index (χ0) is 23.8. The monoisotopic (exact) mass is 470 g/mol. The van der Waals surface area contributed by atoms with Crippen molar-refractivity contribution in [1.82, 2.24) is 4.72 Å². The number of hydrogen-bond acceptors (Lipinski definition) is 6. The molecule has 0 aliphatic carbocycles. The maximum Gasteiger partial charge on any atom is 0.337 e. The van der Waals surface area contributed by atoms with Gasteiger partial charge in [-0.25, -0.2) is 17.9 Å². The average molecular weight is 471 g/mol. The summed E-state index contributed by atoms with van der Waals surface area (Å²) in [5.41, 5.74) is 2.06. The maximum atomic E-state index is 12.7. The molecular weight excluding hydrogens is 444 g/mol. The number of methoxy groups -OCH3 is 2. The molecule has 3 rings (SSSR count). The average Bonchev–Trinajstić information content (AvgIpc) is 2.83. The summed E-state index contributed by atoms with van der Waals surface area (Å²) in [6.45, 7) is 0.547. The lowest BCUT2D eigenvalue weighted by atomic mass is 10.1. The highest BCUT2D eigenvalue weighted by atomic mass is 32.2. The molecule has 174 valence electrons. The molecule has 0 radical (unpaired) electrons. The van der Waals surface area contributed by atoms with Gasteiger partial charge in [-0.1, -0.05) is 36.4 Å². The lowest BCUT2D eigenvalue weighted by Crippen LogP contribution is -2.26. The van der Waals surface area contributed by atoms with Crippen LogP contribution in [0.15, 0.2) is 71.6 Å². The number of aromatic carboxylic acids is 1. The van der Waals surface area contributed by atoms with Gasteiger partial charge in [-0.2, -0.15) is 0 Å². The first-order valence-electron chi connectivity index (χ1n) is 10.2. The molecule has 0 aliphatic heterocycles. The van der Waals surface area contributed by atoms with E-state index < -0.39 is 16.0 Å². The van der Waals surface area contributed by atoms with Crippen molar-refractivity contribution in [3.05, 3.63) is 83.4 Å². The number of benzene rings is 3. The number of carbonyl (C=O) groups is 1. The highest BCUT2D eigenvalue weighted by molar-refractivity contribution is 7.89. The van der Waals surface area contributed by atoms with Gasteiger partial charge in [0.1, 0.15) is 0 Å². The maximum absolute atomic E-state index is 12.7. The zero-order valence-corrected chi connectivity index (χ0v) is 19.2. The molecular formula is C24H26N2O6S. The standard InChI is InChI=1S/C24H26N2O6S/c1-31-22-11-8-17(14-23(22)32-2)12-13-26-33(29,30)19-9-10-21(20(15-19)24(27)28)25-16-18-6-4-3-5-7-18/h3-11,14-15,25-26H,12-13,16H2,1-2H3,(H,27,28). The largest absolute Gasteiger partial charge is 0.493 e. The molecule has 3 aromatic carbocycles. The fourth-order valence-corrected chi connectivity index (χ4v) is 4.32. The number of ether oxygens (including phenoxy) is 2. The Labute approximate surface area is 193 Å². The van der Waals surface area contributed by atoms with E-state index in [1.807, 2.05) is 36.4 Å². The molecule has 0 fully saturated rings. The third kappa shape index (κ3) is 6.24. The highest BCUT2D eigenvalue weighted by Gasteiger charge is 2.19. The number of carboxylic acids is 1. The van der Waals surface area contributed by atoms with Gasteiger partial charge in [0.2, 0.25) is 10.0 Å². The van der Waals surface area contributed by atoms with Crippen LogP contribution >= 0.6 is 0 Å². The van der Waals surface area contributed by atoms with Crippen LogP contribution in [0.1, 0.15) is 21.5 Å². The molecule has 0 unspecified atom stereocenters. The van der Waals surface area contributed by atoms with Gasteiger partial charge in [-0.15, -0.1) is 0 Å². The van der Waals surface area contributed by atoms with Gasteiger partial charge >= 0.3 is 5.97 Å². The molecule has 3 aromatic rings. The number of sulfonamides is 1. The van der Waals surface area contributed by atoms with Crippen molar-refractivity contribution in [3.63, 3.8) is 0 Å². The van der Waals surface area contributed by atoms with Crippen LogP contribution in [0.2, 0.25) is 0 Å². The van der Waals surface area contributed by atoms with Gasteiger partial charge in [0.15, 0.2) is 11.5 Å². The minimum atomic E-state index is -3.90. The Balaban J connectivity index is 1.69. The fourth-order valence-electron chi connectivity index (χ4n) is 3.26. The summed E-state index contributed by atoms with van der Waals surface area (Å²) < 4.78 is 38.5. The summed E-state index contributed by atoms with van der Waals surface area (Å²) in [6, 6.07) is 18.9. The van der Waals surface area contributed by atoms with Gasteiger partial charge in [0, 0.05) is 18.8 Å². The first kappa shape index (κ1) is 24.1. The van der Waals surface area contributed by atoms with E-state index in [1.54, 1.807) is 19.2 Å².